The van der Waals surface area contributed by atoms with Crippen LogP contribution in [0, 0.1) is 46.8 Å². The number of hydrogen-bond donors (Lipinski definition) is 2. The number of carbonyl (C=O) groups is 1. The summed E-state index contributed by atoms with van der Waals surface area (Å²) in [5.74, 6) is 0.0675. The third kappa shape index (κ3) is 3.91. The number of nitrogens with one attached hydrogen (secondary N) is 2. The van der Waals surface area contributed by atoms with Gasteiger partial charge in [-0.05, 0) is 37.5 Å². The molecule has 0 bridgehead atoms. The molecule has 0 radical (unpaired) electrons. The largest absolute Gasteiger partial charge is 0.345 e. The summed E-state index contributed by atoms with van der Waals surface area (Å²) in [4.78, 5) is 12.3. The van der Waals surface area contributed by atoms with Gasteiger partial charge in [-0.15, -0.1) is 0 Å². The fraction of sp³-hybridized carbons (Fsp3) is 0.333. The molecule has 0 heterocycles. The minimum absolute atomic E-state index is 0.0125. The normalized spacial score (nSPS) is 13.2. The zero-order valence-corrected chi connectivity index (χ0v) is 13.4. The fourth-order valence-electron chi connectivity index (χ4n) is 2.68. The molecule has 0 atom stereocenters. The van der Waals surface area contributed by atoms with Crippen LogP contribution >= 0.6 is 0 Å². The van der Waals surface area contributed by atoms with Crippen molar-refractivity contribution in [1.82, 2.24) is 0 Å². The van der Waals surface area contributed by atoms with E-state index in [0.29, 0.717) is 11.4 Å². The number of nitriles is 3. The third-order valence-electron chi connectivity index (χ3n) is 4.08. The Bertz CT molecular complexity index is 782. The lowest BCUT2D eigenvalue weighted by Gasteiger charge is -2.14. The molecule has 0 aliphatic heterocycles. The van der Waals surface area contributed by atoms with Crippen LogP contribution in [0.2, 0.25) is 0 Å². The number of nitrogens with zero attached hydrogens (tertiary/aromatic N) is 3. The van der Waals surface area contributed by atoms with Crippen LogP contribution in [0.5, 0.6) is 0 Å². The predicted octanol–water partition coefficient (Wildman–Crippen LogP) is 3.36. The molecule has 1 fully saturated rings. The molecule has 1 amide bonds. The van der Waals surface area contributed by atoms with E-state index in [0.717, 1.165) is 31.2 Å². The Labute approximate surface area is 141 Å². The summed E-state index contributed by atoms with van der Waals surface area (Å²) in [7, 11) is 0. The van der Waals surface area contributed by atoms with Crippen molar-refractivity contribution in [3.63, 3.8) is 0 Å². The van der Waals surface area contributed by atoms with Crippen molar-refractivity contribution in [3.05, 3.63) is 35.0 Å². The molecule has 24 heavy (non-hydrogen) atoms. The molecule has 0 unspecified atom stereocenters. The van der Waals surface area contributed by atoms with Crippen molar-refractivity contribution in [2.45, 2.75) is 32.6 Å². The molecule has 0 aromatic heterocycles. The molecular formula is C18H17N5O. The smallest absolute Gasteiger partial charge is 0.227 e. The first-order valence-corrected chi connectivity index (χ1v) is 7.72. The molecule has 6 nitrogen and oxygen atoms in total. The molecule has 0 spiro atoms. The summed E-state index contributed by atoms with van der Waals surface area (Å²) in [5.41, 5.74) is 1.69. The quantitative estimate of drug-likeness (QED) is 0.826. The van der Waals surface area contributed by atoms with Crippen LogP contribution < -0.4 is 10.6 Å². The van der Waals surface area contributed by atoms with Crippen LogP contribution in [0.25, 0.3) is 0 Å². The van der Waals surface area contributed by atoms with Gasteiger partial charge in [0, 0.05) is 17.3 Å². The zero-order chi connectivity index (χ0) is 17.5. The molecule has 120 valence electrons. The van der Waals surface area contributed by atoms with Crippen LogP contribution in [-0.4, -0.2) is 5.91 Å². The number of aryl methyl sites for hydroxylation is 1. The lowest BCUT2D eigenvalue weighted by molar-refractivity contribution is -0.119. The van der Waals surface area contributed by atoms with Crippen LogP contribution in [0.4, 0.5) is 11.4 Å². The average molecular weight is 319 g/mol. The number of allylic oxidation sites excluding steroid dienone is 2. The summed E-state index contributed by atoms with van der Waals surface area (Å²) in [6, 6.07) is 10.4. The standard InChI is InChI=1S/C18H17N5O/c1-12-6-7-15(22-17(11-21)14(9-19)10-20)8-16(12)23-18(24)13-4-2-3-5-13/h6-8,13,22H,2-5H2,1H3,(H,23,24). The number of rotatable bonds is 4. The molecule has 1 aliphatic rings. The van der Waals surface area contributed by atoms with Crippen molar-refractivity contribution in [2.75, 3.05) is 10.6 Å². The Hall–Kier alpha value is -3.30. The zero-order valence-electron chi connectivity index (χ0n) is 13.4. The maximum Gasteiger partial charge on any atom is 0.227 e. The van der Waals surface area contributed by atoms with Crippen LogP contribution in [0.15, 0.2) is 29.5 Å². The van der Waals surface area contributed by atoms with Gasteiger partial charge in [0.2, 0.25) is 5.91 Å². The van der Waals surface area contributed by atoms with Gasteiger partial charge in [-0.2, -0.15) is 15.8 Å². The van der Waals surface area contributed by atoms with E-state index in [4.69, 9.17) is 15.8 Å². The molecule has 1 aliphatic carbocycles. The topological polar surface area (TPSA) is 112 Å². The first kappa shape index (κ1) is 17.1. The van der Waals surface area contributed by atoms with E-state index in [1.165, 1.54) is 0 Å². The third-order valence-corrected chi connectivity index (χ3v) is 4.08. The highest BCUT2D eigenvalue weighted by molar-refractivity contribution is 5.94. The van der Waals surface area contributed by atoms with Crippen LogP contribution in [-0.2, 0) is 4.79 Å². The van der Waals surface area contributed by atoms with Gasteiger partial charge in [-0.25, -0.2) is 0 Å². The number of anilines is 2. The highest BCUT2D eigenvalue weighted by atomic mass is 16.1. The van der Waals surface area contributed by atoms with Gasteiger partial charge < -0.3 is 10.6 Å². The number of benzene rings is 1. The first-order valence-electron chi connectivity index (χ1n) is 7.72. The lowest BCUT2D eigenvalue weighted by atomic mass is 10.1. The summed E-state index contributed by atoms with van der Waals surface area (Å²) in [6.07, 6.45) is 4.00. The maximum atomic E-state index is 12.3. The lowest BCUT2D eigenvalue weighted by Crippen LogP contribution is -2.20. The summed E-state index contributed by atoms with van der Waals surface area (Å²) in [6.45, 7) is 1.88. The second-order valence-corrected chi connectivity index (χ2v) is 5.71. The molecule has 1 aromatic rings. The highest BCUT2D eigenvalue weighted by Gasteiger charge is 2.23. The molecule has 2 N–H and O–H groups in total. The number of amides is 1. The van der Waals surface area contributed by atoms with Gasteiger partial charge in [0.15, 0.2) is 5.57 Å². The minimum atomic E-state index is -0.283. The Morgan fingerprint density at radius 2 is 1.75 bits per heavy atom. The van der Waals surface area contributed by atoms with E-state index in [-0.39, 0.29) is 23.1 Å². The Morgan fingerprint density at radius 1 is 1.08 bits per heavy atom. The second-order valence-electron chi connectivity index (χ2n) is 5.71. The Balaban J connectivity index is 2.21. The minimum Gasteiger partial charge on any atom is -0.345 e. The Morgan fingerprint density at radius 3 is 2.33 bits per heavy atom. The number of carbonyl (C=O) groups excluding carboxylic acids is 1. The maximum absolute atomic E-state index is 12.3. The van der Waals surface area contributed by atoms with E-state index < -0.39 is 0 Å². The fourth-order valence-corrected chi connectivity index (χ4v) is 2.68. The van der Waals surface area contributed by atoms with E-state index >= 15 is 0 Å². The van der Waals surface area contributed by atoms with Gasteiger partial charge in [-0.3, -0.25) is 4.79 Å². The summed E-state index contributed by atoms with van der Waals surface area (Å²) >= 11 is 0. The Kier molecular flexibility index (Phi) is 5.55. The van der Waals surface area contributed by atoms with Gasteiger partial charge in [0.25, 0.3) is 0 Å². The second kappa shape index (κ2) is 7.81. The van der Waals surface area contributed by atoms with Crippen LogP contribution in [0.3, 0.4) is 0 Å². The van der Waals surface area contributed by atoms with Gasteiger partial charge in [0.1, 0.15) is 23.9 Å². The van der Waals surface area contributed by atoms with Crippen molar-refractivity contribution in [1.29, 1.82) is 15.8 Å². The van der Waals surface area contributed by atoms with Crippen molar-refractivity contribution in [3.8, 4) is 18.2 Å². The monoisotopic (exact) mass is 319 g/mol. The number of hydrogen-bond acceptors (Lipinski definition) is 5. The van der Waals surface area contributed by atoms with E-state index in [1.807, 2.05) is 13.0 Å². The van der Waals surface area contributed by atoms with Gasteiger partial charge >= 0.3 is 0 Å². The first-order chi connectivity index (χ1) is 11.6. The molecule has 2 rings (SSSR count). The van der Waals surface area contributed by atoms with Crippen molar-refractivity contribution >= 4 is 17.3 Å². The van der Waals surface area contributed by atoms with E-state index in [9.17, 15) is 4.79 Å². The van der Waals surface area contributed by atoms with Crippen LogP contribution in [0.1, 0.15) is 31.2 Å². The average Bonchev–Trinajstić information content (AvgIpc) is 3.12. The SMILES string of the molecule is Cc1ccc(NC(C#N)=C(C#N)C#N)cc1NC(=O)C1CCCC1. The molecule has 1 saturated carbocycles. The molecule has 1 aromatic carbocycles. The van der Waals surface area contributed by atoms with Crippen molar-refractivity contribution in [2.24, 2.45) is 5.92 Å². The summed E-state index contributed by atoms with van der Waals surface area (Å²) < 4.78 is 0. The van der Waals surface area contributed by atoms with E-state index in [1.54, 1.807) is 30.3 Å². The predicted molar refractivity (Wildman–Crippen MR) is 89.3 cm³/mol. The van der Waals surface area contributed by atoms with Crippen molar-refractivity contribution < 1.29 is 4.79 Å². The van der Waals surface area contributed by atoms with Gasteiger partial charge in [-0.1, -0.05) is 18.9 Å². The summed E-state index contributed by atoms with van der Waals surface area (Å²) in [5, 5.41) is 32.5. The van der Waals surface area contributed by atoms with Gasteiger partial charge in [0.05, 0.1) is 0 Å². The molecule has 6 heteroatoms. The van der Waals surface area contributed by atoms with E-state index in [2.05, 4.69) is 10.6 Å². The molecular weight excluding hydrogens is 302 g/mol. The molecule has 0 saturated heterocycles. The highest BCUT2D eigenvalue weighted by Crippen LogP contribution is 2.28.